The summed E-state index contributed by atoms with van der Waals surface area (Å²) >= 11 is 0. The van der Waals surface area contributed by atoms with Crippen LogP contribution in [0, 0.1) is 11.6 Å². The third kappa shape index (κ3) is 4.87. The zero-order valence-corrected chi connectivity index (χ0v) is 17.8. The average Bonchev–Trinajstić information content (AvgIpc) is 3.07. The summed E-state index contributed by atoms with van der Waals surface area (Å²) in [4.78, 5) is 19.2. The van der Waals surface area contributed by atoms with Gasteiger partial charge < -0.3 is 16.0 Å². The van der Waals surface area contributed by atoms with Crippen molar-refractivity contribution in [3.63, 3.8) is 0 Å². The van der Waals surface area contributed by atoms with Gasteiger partial charge in [-0.25, -0.2) is 17.6 Å². The monoisotopic (exact) mass is 450 g/mol. The number of amides is 1. The third-order valence-corrected chi connectivity index (χ3v) is 6.21. The summed E-state index contributed by atoms with van der Waals surface area (Å²) in [7, 11) is 0. The van der Waals surface area contributed by atoms with E-state index in [4.69, 9.17) is 5.73 Å². The van der Waals surface area contributed by atoms with Gasteiger partial charge in [-0.2, -0.15) is 0 Å². The van der Waals surface area contributed by atoms with Crippen LogP contribution in [0.2, 0.25) is 0 Å². The molecule has 2 aromatic rings. The van der Waals surface area contributed by atoms with Crippen molar-refractivity contribution < 1.29 is 22.4 Å². The van der Waals surface area contributed by atoms with E-state index >= 15 is 0 Å². The predicted octanol–water partition coefficient (Wildman–Crippen LogP) is 4.26. The number of carbonyl (C=O) groups is 1. The topological polar surface area (TPSA) is 71.2 Å². The largest absolute Gasteiger partial charge is 0.368 e. The van der Waals surface area contributed by atoms with Crippen LogP contribution < -0.4 is 16.0 Å². The summed E-state index contributed by atoms with van der Waals surface area (Å²) in [5.74, 6) is -4.63. The van der Waals surface area contributed by atoms with Crippen molar-refractivity contribution in [2.45, 2.75) is 56.5 Å². The Hall–Kier alpha value is -2.68. The highest BCUT2D eigenvalue weighted by molar-refractivity contribution is 6.03. The van der Waals surface area contributed by atoms with Crippen LogP contribution in [0.15, 0.2) is 30.6 Å². The van der Waals surface area contributed by atoms with Crippen LogP contribution in [0.25, 0.3) is 11.1 Å². The molecule has 9 heteroatoms. The average molecular weight is 450 g/mol. The van der Waals surface area contributed by atoms with E-state index in [1.165, 1.54) is 24.5 Å². The number of aromatic nitrogens is 1. The number of halogens is 4. The molecule has 1 aliphatic heterocycles. The number of hydrogen-bond donors (Lipinski definition) is 2. The Morgan fingerprint density at radius 3 is 2.38 bits per heavy atom. The molecule has 1 aromatic carbocycles. The number of benzene rings is 1. The molecule has 2 heterocycles. The SMILES string of the molecule is C[C@]1(N)CCN(c2c(C(=O)NC3CCC(F)(F)CC3)cncc2-c2cc(F)cc(F)c2)C1. The Labute approximate surface area is 184 Å². The third-order valence-electron chi connectivity index (χ3n) is 6.21. The smallest absolute Gasteiger partial charge is 0.255 e. The first-order valence-corrected chi connectivity index (χ1v) is 10.7. The number of anilines is 1. The first-order valence-electron chi connectivity index (χ1n) is 10.7. The molecule has 0 unspecified atom stereocenters. The fourth-order valence-electron chi connectivity index (χ4n) is 4.50. The van der Waals surface area contributed by atoms with E-state index in [2.05, 4.69) is 10.3 Å². The lowest BCUT2D eigenvalue weighted by molar-refractivity contribution is -0.0399. The molecule has 0 radical (unpaired) electrons. The molecular weight excluding hydrogens is 424 g/mol. The van der Waals surface area contributed by atoms with Crippen molar-refractivity contribution in [3.05, 3.63) is 47.8 Å². The second-order valence-corrected chi connectivity index (χ2v) is 9.17. The summed E-state index contributed by atoms with van der Waals surface area (Å²) in [5, 5.41) is 2.84. The fourth-order valence-corrected chi connectivity index (χ4v) is 4.50. The second-order valence-electron chi connectivity index (χ2n) is 9.17. The van der Waals surface area contributed by atoms with Gasteiger partial charge in [-0.1, -0.05) is 0 Å². The fraction of sp³-hybridized carbons (Fsp3) is 0.478. The zero-order chi connectivity index (χ0) is 23.1. The highest BCUT2D eigenvalue weighted by atomic mass is 19.3. The minimum Gasteiger partial charge on any atom is -0.368 e. The number of rotatable bonds is 4. The Bertz CT molecular complexity index is 997. The Balaban J connectivity index is 1.71. The molecule has 2 aliphatic rings. The van der Waals surface area contributed by atoms with Gasteiger partial charge in [0.2, 0.25) is 5.92 Å². The summed E-state index contributed by atoms with van der Waals surface area (Å²) in [6, 6.07) is 2.78. The molecule has 2 fully saturated rings. The van der Waals surface area contributed by atoms with Gasteiger partial charge in [-0.15, -0.1) is 0 Å². The van der Waals surface area contributed by atoms with E-state index in [1.807, 2.05) is 11.8 Å². The zero-order valence-electron chi connectivity index (χ0n) is 17.8. The molecule has 1 aliphatic carbocycles. The van der Waals surface area contributed by atoms with E-state index in [0.29, 0.717) is 30.8 Å². The molecule has 172 valence electrons. The molecule has 1 saturated heterocycles. The van der Waals surface area contributed by atoms with Crippen molar-refractivity contribution in [1.82, 2.24) is 10.3 Å². The van der Waals surface area contributed by atoms with Gasteiger partial charge in [0.15, 0.2) is 0 Å². The number of pyridine rings is 1. The van der Waals surface area contributed by atoms with Crippen molar-refractivity contribution in [2.24, 2.45) is 5.73 Å². The van der Waals surface area contributed by atoms with Gasteiger partial charge in [-0.05, 0) is 43.9 Å². The number of carbonyl (C=O) groups excluding carboxylic acids is 1. The second kappa shape index (κ2) is 8.35. The van der Waals surface area contributed by atoms with Crippen LogP contribution in [-0.2, 0) is 0 Å². The lowest BCUT2D eigenvalue weighted by Gasteiger charge is -2.30. The highest BCUT2D eigenvalue weighted by Crippen LogP contribution is 2.38. The Morgan fingerprint density at radius 1 is 1.12 bits per heavy atom. The van der Waals surface area contributed by atoms with Crippen molar-refractivity contribution in [3.8, 4) is 11.1 Å². The lowest BCUT2D eigenvalue weighted by Crippen LogP contribution is -2.42. The number of hydrogen-bond acceptors (Lipinski definition) is 4. The maximum Gasteiger partial charge on any atom is 0.255 e. The van der Waals surface area contributed by atoms with Crippen LogP contribution in [0.5, 0.6) is 0 Å². The Morgan fingerprint density at radius 2 is 1.78 bits per heavy atom. The molecule has 1 saturated carbocycles. The summed E-state index contributed by atoms with van der Waals surface area (Å²) in [5.41, 5.74) is 7.17. The summed E-state index contributed by atoms with van der Waals surface area (Å²) < 4.78 is 54.8. The minimum atomic E-state index is -2.70. The number of nitrogens with one attached hydrogen (secondary N) is 1. The van der Waals surface area contributed by atoms with Gasteiger partial charge in [0, 0.05) is 61.5 Å². The van der Waals surface area contributed by atoms with Crippen LogP contribution in [0.3, 0.4) is 0 Å². The molecule has 0 bridgehead atoms. The van der Waals surface area contributed by atoms with Gasteiger partial charge in [-0.3, -0.25) is 9.78 Å². The first kappa shape index (κ1) is 22.5. The summed E-state index contributed by atoms with van der Waals surface area (Å²) in [6.07, 6.45) is 3.35. The van der Waals surface area contributed by atoms with Crippen molar-refractivity contribution in [2.75, 3.05) is 18.0 Å². The molecule has 3 N–H and O–H groups in total. The van der Waals surface area contributed by atoms with Gasteiger partial charge in [0.25, 0.3) is 5.91 Å². The van der Waals surface area contributed by atoms with Crippen LogP contribution >= 0.6 is 0 Å². The first-order chi connectivity index (χ1) is 15.0. The van der Waals surface area contributed by atoms with Gasteiger partial charge in [0.1, 0.15) is 11.6 Å². The quantitative estimate of drug-likeness (QED) is 0.683. The molecule has 1 aromatic heterocycles. The molecular formula is C23H26F4N4O. The molecule has 4 rings (SSSR count). The normalized spacial score (nSPS) is 23.4. The van der Waals surface area contributed by atoms with Crippen LogP contribution in [0.4, 0.5) is 23.2 Å². The van der Waals surface area contributed by atoms with Gasteiger partial charge in [0.05, 0.1) is 11.3 Å². The molecule has 1 atom stereocenters. The van der Waals surface area contributed by atoms with Crippen molar-refractivity contribution in [1.29, 1.82) is 0 Å². The molecule has 32 heavy (non-hydrogen) atoms. The standard InChI is InChI=1S/C23H26F4N4O/c1-22(28)6-7-31(13-22)20-18(14-8-15(24)10-16(25)9-14)11-29-12-19(20)21(32)30-17-2-4-23(26,27)5-3-17/h8-12,17H,2-7,13,28H2,1H3,(H,30,32)/t22-/m0/s1. The number of alkyl halides is 2. The molecule has 1 amide bonds. The minimum absolute atomic E-state index is 0.181. The van der Waals surface area contributed by atoms with Crippen LogP contribution in [-0.4, -0.2) is 41.5 Å². The van der Waals surface area contributed by atoms with E-state index in [0.717, 1.165) is 6.07 Å². The Kier molecular flexibility index (Phi) is 5.87. The molecule has 5 nitrogen and oxygen atoms in total. The number of nitrogens with two attached hydrogens (primary N) is 1. The highest BCUT2D eigenvalue weighted by Gasteiger charge is 2.37. The summed E-state index contributed by atoms with van der Waals surface area (Å²) in [6.45, 7) is 2.90. The number of nitrogens with zero attached hydrogens (tertiary/aromatic N) is 2. The maximum absolute atomic E-state index is 13.9. The van der Waals surface area contributed by atoms with E-state index in [9.17, 15) is 22.4 Å². The van der Waals surface area contributed by atoms with Crippen molar-refractivity contribution >= 4 is 11.6 Å². The van der Waals surface area contributed by atoms with Crippen LogP contribution in [0.1, 0.15) is 49.4 Å². The van der Waals surface area contributed by atoms with E-state index < -0.39 is 29.0 Å². The van der Waals surface area contributed by atoms with E-state index in [-0.39, 0.29) is 42.9 Å². The predicted molar refractivity (Wildman–Crippen MR) is 114 cm³/mol. The van der Waals surface area contributed by atoms with Gasteiger partial charge >= 0.3 is 0 Å². The maximum atomic E-state index is 13.9. The van der Waals surface area contributed by atoms with E-state index in [1.54, 1.807) is 0 Å². The lowest BCUT2D eigenvalue weighted by atomic mass is 9.92. The molecule has 0 spiro atoms.